The van der Waals surface area contributed by atoms with E-state index >= 15 is 0 Å². The van der Waals surface area contributed by atoms with Gasteiger partial charge in [-0.2, -0.15) is 0 Å². The zero-order chi connectivity index (χ0) is 34.2. The number of hydrogen-bond donors (Lipinski definition) is 2. The number of nitrogens with one attached hydrogen (secondary N) is 2. The van der Waals surface area contributed by atoms with Crippen LogP contribution in [0.25, 0.3) is 11.1 Å². The lowest BCUT2D eigenvalue weighted by molar-refractivity contribution is -0.156. The van der Waals surface area contributed by atoms with Crippen LogP contribution in [0.1, 0.15) is 70.3 Å². The monoisotopic (exact) mass is 652 g/mol. The van der Waals surface area contributed by atoms with Gasteiger partial charge >= 0.3 is 12.1 Å². The highest BCUT2D eigenvalue weighted by molar-refractivity contribution is 5.94. The van der Waals surface area contributed by atoms with Gasteiger partial charge in [-0.25, -0.2) is 9.59 Å². The van der Waals surface area contributed by atoms with Crippen LogP contribution in [0.15, 0.2) is 133 Å². The molecule has 0 saturated heterocycles. The lowest BCUT2D eigenvalue weighted by atomic mass is 9.79. The Balaban J connectivity index is 1.29. The van der Waals surface area contributed by atoms with Gasteiger partial charge < -0.3 is 20.1 Å². The number of carbonyl (C=O) groups excluding carboxylic acids is 3. The number of rotatable bonds is 12. The van der Waals surface area contributed by atoms with Crippen molar-refractivity contribution in [1.82, 2.24) is 10.6 Å². The second kappa shape index (κ2) is 15.0. The number of esters is 1. The first-order valence-electron chi connectivity index (χ1n) is 16.7. The number of benzene rings is 5. The molecule has 2 amide bonds. The highest BCUT2D eigenvalue weighted by atomic mass is 16.6. The van der Waals surface area contributed by atoms with Crippen molar-refractivity contribution in [1.29, 1.82) is 0 Å². The average Bonchev–Trinajstić information content (AvgIpc) is 3.48. The predicted molar refractivity (Wildman–Crippen MR) is 190 cm³/mol. The Morgan fingerprint density at radius 2 is 1.20 bits per heavy atom. The van der Waals surface area contributed by atoms with E-state index in [0.29, 0.717) is 24.0 Å². The second-order valence-electron chi connectivity index (χ2n) is 12.2. The highest BCUT2D eigenvalue weighted by Crippen LogP contribution is 2.45. The largest absolute Gasteiger partial charge is 0.449 e. The van der Waals surface area contributed by atoms with Crippen LogP contribution in [0.3, 0.4) is 0 Å². The summed E-state index contributed by atoms with van der Waals surface area (Å²) in [6, 6.07) is 41.4. The van der Waals surface area contributed by atoms with Gasteiger partial charge in [0, 0.05) is 35.2 Å². The molecule has 6 rings (SSSR count). The molecule has 248 valence electrons. The van der Waals surface area contributed by atoms with Gasteiger partial charge in [0.1, 0.15) is 12.6 Å². The molecule has 1 atom stereocenters. The van der Waals surface area contributed by atoms with Gasteiger partial charge in [-0.3, -0.25) is 4.79 Å². The molecule has 7 heteroatoms. The van der Waals surface area contributed by atoms with Crippen molar-refractivity contribution in [3.05, 3.63) is 167 Å². The third kappa shape index (κ3) is 6.83. The van der Waals surface area contributed by atoms with E-state index in [-0.39, 0.29) is 18.4 Å². The van der Waals surface area contributed by atoms with E-state index in [1.165, 1.54) is 0 Å². The summed E-state index contributed by atoms with van der Waals surface area (Å²) in [5.41, 5.74) is 5.68. The van der Waals surface area contributed by atoms with Crippen LogP contribution in [0.5, 0.6) is 0 Å². The van der Waals surface area contributed by atoms with E-state index in [0.717, 1.165) is 39.8 Å². The Hall–Kier alpha value is -5.69. The topological polar surface area (TPSA) is 93.7 Å². The SMILES string of the molecule is CCCC[C@H](NC(=O)OCC1c2ccccc2-c2ccccc21)C(=O)OC(c1ccccc1)(c1ccccc1)c1ccc(C(=O)NC)cc1. The summed E-state index contributed by atoms with van der Waals surface area (Å²) in [6.45, 7) is 2.16. The maximum atomic E-state index is 14.4. The molecule has 0 heterocycles. The van der Waals surface area contributed by atoms with Crippen molar-refractivity contribution in [2.45, 2.75) is 43.7 Å². The Labute approximate surface area is 287 Å². The molecule has 0 aromatic heterocycles. The lowest BCUT2D eigenvalue weighted by Gasteiger charge is -2.36. The summed E-state index contributed by atoms with van der Waals surface area (Å²) in [7, 11) is 1.58. The molecule has 2 N–H and O–H groups in total. The van der Waals surface area contributed by atoms with E-state index in [9.17, 15) is 14.4 Å². The number of amides is 2. The zero-order valence-electron chi connectivity index (χ0n) is 27.7. The number of hydrogen-bond acceptors (Lipinski definition) is 5. The van der Waals surface area contributed by atoms with E-state index < -0.39 is 23.7 Å². The molecule has 0 aliphatic heterocycles. The van der Waals surface area contributed by atoms with Crippen LogP contribution in [0, 0.1) is 0 Å². The normalized spacial score (nSPS) is 12.7. The first kappa shape index (κ1) is 33.2. The van der Waals surface area contributed by atoms with Crippen molar-refractivity contribution in [2.24, 2.45) is 0 Å². The number of unbranched alkanes of at least 4 members (excludes halogenated alkanes) is 1. The van der Waals surface area contributed by atoms with Crippen LogP contribution in [-0.4, -0.2) is 37.7 Å². The molecule has 5 aromatic rings. The number of ether oxygens (including phenoxy) is 2. The zero-order valence-corrected chi connectivity index (χ0v) is 27.7. The van der Waals surface area contributed by atoms with Gasteiger partial charge in [-0.15, -0.1) is 0 Å². The minimum absolute atomic E-state index is 0.110. The fraction of sp³-hybridized carbons (Fsp3) is 0.214. The fourth-order valence-corrected chi connectivity index (χ4v) is 6.68. The summed E-state index contributed by atoms with van der Waals surface area (Å²) in [5.74, 6) is -0.925. The molecular formula is C42H40N2O5. The molecule has 0 fully saturated rings. The van der Waals surface area contributed by atoms with Crippen LogP contribution >= 0.6 is 0 Å². The summed E-state index contributed by atoms with van der Waals surface area (Å²) in [4.78, 5) is 40.2. The van der Waals surface area contributed by atoms with Gasteiger partial charge in [-0.1, -0.05) is 141 Å². The Morgan fingerprint density at radius 3 is 1.73 bits per heavy atom. The Morgan fingerprint density at radius 1 is 0.694 bits per heavy atom. The molecule has 1 aliphatic rings. The third-order valence-electron chi connectivity index (χ3n) is 9.16. The first-order valence-corrected chi connectivity index (χ1v) is 16.7. The van der Waals surface area contributed by atoms with Gasteiger partial charge in [0.2, 0.25) is 0 Å². The van der Waals surface area contributed by atoms with Crippen LogP contribution in [-0.2, 0) is 19.9 Å². The van der Waals surface area contributed by atoms with Crippen LogP contribution < -0.4 is 10.6 Å². The van der Waals surface area contributed by atoms with Gasteiger partial charge in [0.05, 0.1) is 0 Å². The summed E-state index contributed by atoms with van der Waals surface area (Å²) in [5, 5.41) is 5.49. The molecule has 0 unspecified atom stereocenters. The van der Waals surface area contributed by atoms with E-state index in [1.54, 1.807) is 31.3 Å². The molecule has 5 aromatic carbocycles. The molecule has 0 saturated carbocycles. The fourth-order valence-electron chi connectivity index (χ4n) is 6.68. The number of fused-ring (bicyclic) bond motifs is 3. The van der Waals surface area contributed by atoms with E-state index in [1.807, 2.05) is 91.9 Å². The van der Waals surface area contributed by atoms with Gasteiger partial charge in [0.25, 0.3) is 5.91 Å². The molecule has 49 heavy (non-hydrogen) atoms. The Bertz CT molecular complexity index is 1820. The summed E-state index contributed by atoms with van der Waals surface area (Å²) in [6.07, 6.45) is 1.20. The van der Waals surface area contributed by atoms with Crippen LogP contribution in [0.2, 0.25) is 0 Å². The molecule has 1 aliphatic carbocycles. The molecule has 0 radical (unpaired) electrons. The highest BCUT2D eigenvalue weighted by Gasteiger charge is 2.42. The number of alkyl carbamates (subject to hydrolysis) is 1. The molecule has 0 bridgehead atoms. The predicted octanol–water partition coefficient (Wildman–Crippen LogP) is 7.98. The summed E-state index contributed by atoms with van der Waals surface area (Å²) < 4.78 is 12.5. The van der Waals surface area contributed by atoms with Crippen molar-refractivity contribution in [3.8, 4) is 11.1 Å². The molecular weight excluding hydrogens is 612 g/mol. The van der Waals surface area contributed by atoms with E-state index in [4.69, 9.17) is 9.47 Å². The van der Waals surface area contributed by atoms with Gasteiger partial charge in [-0.05, 0) is 40.8 Å². The first-order chi connectivity index (χ1) is 24.0. The minimum Gasteiger partial charge on any atom is -0.449 e. The smallest absolute Gasteiger partial charge is 0.407 e. The standard InChI is InChI=1S/C42H40N2O5/c1-3-4-23-38(44-41(47)48-28-37-35-21-13-11-19-33(35)34-20-12-14-22-36(34)37)40(46)49-42(30-15-7-5-8-16-30,31-17-9-6-10-18-31)32-26-24-29(25-27-32)39(45)43-2/h5-22,24-27,37-38H,3-4,23,28H2,1-2H3,(H,43,45)(H,44,47)/t38-/m0/s1. The quantitative estimate of drug-likeness (QED) is 0.105. The third-order valence-corrected chi connectivity index (χ3v) is 9.16. The van der Waals surface area contributed by atoms with Crippen molar-refractivity contribution in [3.63, 3.8) is 0 Å². The van der Waals surface area contributed by atoms with Crippen molar-refractivity contribution >= 4 is 18.0 Å². The van der Waals surface area contributed by atoms with Crippen LogP contribution in [0.4, 0.5) is 4.79 Å². The number of carbonyl (C=O) groups is 3. The van der Waals surface area contributed by atoms with E-state index in [2.05, 4.69) is 34.9 Å². The summed E-state index contributed by atoms with van der Waals surface area (Å²) >= 11 is 0. The minimum atomic E-state index is -1.38. The average molecular weight is 653 g/mol. The Kier molecular flexibility index (Phi) is 10.2. The van der Waals surface area contributed by atoms with Crippen molar-refractivity contribution < 1.29 is 23.9 Å². The maximum absolute atomic E-state index is 14.4. The lowest BCUT2D eigenvalue weighted by Crippen LogP contribution is -2.46. The molecule has 7 nitrogen and oxygen atoms in total. The van der Waals surface area contributed by atoms with Crippen molar-refractivity contribution in [2.75, 3.05) is 13.7 Å². The second-order valence-corrected chi connectivity index (χ2v) is 12.2. The molecule has 0 spiro atoms. The maximum Gasteiger partial charge on any atom is 0.407 e. The van der Waals surface area contributed by atoms with Gasteiger partial charge in [0.15, 0.2) is 5.60 Å².